The first-order chi connectivity index (χ1) is 15.9. The number of amides is 1. The zero-order chi connectivity index (χ0) is 24.7. The maximum Gasteiger partial charge on any atom is 0.410 e. The van der Waals surface area contributed by atoms with Crippen molar-refractivity contribution in [2.45, 2.75) is 90.1 Å². The Labute approximate surface area is 203 Å². The molecule has 0 bridgehead atoms. The van der Waals surface area contributed by atoms with Gasteiger partial charge in [-0.3, -0.25) is 0 Å². The number of nitrogens with zero attached hydrogens (tertiary/aromatic N) is 1. The predicted octanol–water partition coefficient (Wildman–Crippen LogP) is 5.45. The number of carbonyl (C=O) groups excluding carboxylic acids is 1. The number of fused-ring (bicyclic) bond motifs is 3. The number of hydrogen-bond acceptors (Lipinski definition) is 6. The molecule has 1 aromatic carbocycles. The summed E-state index contributed by atoms with van der Waals surface area (Å²) in [6.07, 6.45) is 3.20. The molecule has 0 saturated carbocycles. The zero-order valence-electron chi connectivity index (χ0n) is 21.6. The average molecular weight is 476 g/mol. The standard InChI is InChI=1S/C27H41NO6/c1-18(2)9-8-12-26(6)20-15-27(16-28(13-14-32-27)24(30)34-25(3,4)5)17-31-22(20)19-10-7-11-21(29)23(19)33-26/h7,10-11,18,20,22,29H,8-9,12-17H2,1-6H3/t20-,22+,26+,27+/m0/s1. The van der Waals surface area contributed by atoms with Crippen molar-refractivity contribution in [2.75, 3.05) is 26.3 Å². The summed E-state index contributed by atoms with van der Waals surface area (Å²) in [6, 6.07) is 5.49. The van der Waals surface area contributed by atoms with E-state index in [1.807, 2.05) is 32.9 Å². The maximum atomic E-state index is 12.8. The van der Waals surface area contributed by atoms with Gasteiger partial charge in [-0.15, -0.1) is 0 Å². The van der Waals surface area contributed by atoms with Crippen LogP contribution < -0.4 is 4.74 Å². The fourth-order valence-electron chi connectivity index (χ4n) is 5.59. The van der Waals surface area contributed by atoms with E-state index in [-0.39, 0.29) is 23.9 Å². The normalized spacial score (nSPS) is 31.1. The highest BCUT2D eigenvalue weighted by molar-refractivity contribution is 5.68. The van der Waals surface area contributed by atoms with E-state index in [2.05, 4.69) is 20.8 Å². The number of benzene rings is 1. The van der Waals surface area contributed by atoms with Gasteiger partial charge in [-0.25, -0.2) is 4.79 Å². The Bertz CT molecular complexity index is 896. The number of morpholine rings is 1. The fraction of sp³-hybridized carbons (Fsp3) is 0.741. The molecule has 3 aliphatic heterocycles. The van der Waals surface area contributed by atoms with Crippen LogP contribution >= 0.6 is 0 Å². The summed E-state index contributed by atoms with van der Waals surface area (Å²) >= 11 is 0. The second kappa shape index (κ2) is 9.23. The van der Waals surface area contributed by atoms with Crippen LogP contribution in [0, 0.1) is 11.8 Å². The van der Waals surface area contributed by atoms with Crippen molar-refractivity contribution in [2.24, 2.45) is 11.8 Å². The molecule has 3 aliphatic rings. The van der Waals surface area contributed by atoms with Crippen LogP contribution in [0.4, 0.5) is 4.79 Å². The molecule has 0 aromatic heterocycles. The van der Waals surface area contributed by atoms with Crippen molar-refractivity contribution < 1.29 is 28.8 Å². The van der Waals surface area contributed by atoms with Crippen LogP contribution in [0.5, 0.6) is 11.5 Å². The first-order valence-corrected chi connectivity index (χ1v) is 12.7. The van der Waals surface area contributed by atoms with Gasteiger partial charge in [-0.2, -0.15) is 0 Å². The van der Waals surface area contributed by atoms with Crippen molar-refractivity contribution in [3.8, 4) is 11.5 Å². The lowest BCUT2D eigenvalue weighted by Gasteiger charge is -2.55. The zero-order valence-corrected chi connectivity index (χ0v) is 21.6. The van der Waals surface area contributed by atoms with Crippen molar-refractivity contribution in [3.63, 3.8) is 0 Å². The minimum atomic E-state index is -0.604. The van der Waals surface area contributed by atoms with Gasteiger partial charge in [0.1, 0.15) is 16.8 Å². The van der Waals surface area contributed by atoms with Gasteiger partial charge in [0.25, 0.3) is 0 Å². The molecule has 7 nitrogen and oxygen atoms in total. The molecule has 2 saturated heterocycles. The Morgan fingerprint density at radius 2 is 2.09 bits per heavy atom. The quantitative estimate of drug-likeness (QED) is 0.624. The van der Waals surface area contributed by atoms with Crippen LogP contribution in [0.25, 0.3) is 0 Å². The summed E-state index contributed by atoms with van der Waals surface area (Å²) in [5.74, 6) is 1.33. The molecule has 1 amide bonds. The summed E-state index contributed by atoms with van der Waals surface area (Å²) in [6.45, 7) is 14.0. The number of hydrogen-bond donors (Lipinski definition) is 1. The van der Waals surface area contributed by atoms with Crippen LogP contribution in [-0.2, 0) is 14.2 Å². The number of ether oxygens (including phenoxy) is 4. The largest absolute Gasteiger partial charge is 0.504 e. The van der Waals surface area contributed by atoms with Crippen molar-refractivity contribution in [3.05, 3.63) is 23.8 Å². The van der Waals surface area contributed by atoms with E-state index < -0.39 is 16.8 Å². The molecule has 0 aliphatic carbocycles. The molecule has 4 rings (SSSR count). The summed E-state index contributed by atoms with van der Waals surface area (Å²) in [5.41, 5.74) is -0.779. The van der Waals surface area contributed by atoms with Crippen LogP contribution in [0.2, 0.25) is 0 Å². The van der Waals surface area contributed by atoms with Gasteiger partial charge in [0, 0.05) is 18.0 Å². The summed E-state index contributed by atoms with van der Waals surface area (Å²) in [4.78, 5) is 14.6. The van der Waals surface area contributed by atoms with Crippen molar-refractivity contribution >= 4 is 6.09 Å². The lowest BCUT2D eigenvalue weighted by Crippen LogP contribution is -2.63. The van der Waals surface area contributed by atoms with E-state index >= 15 is 0 Å². The van der Waals surface area contributed by atoms with E-state index in [9.17, 15) is 9.90 Å². The lowest BCUT2D eigenvalue weighted by atomic mass is 9.69. The highest BCUT2D eigenvalue weighted by Crippen LogP contribution is 2.55. The van der Waals surface area contributed by atoms with E-state index in [0.29, 0.717) is 44.4 Å². The molecule has 34 heavy (non-hydrogen) atoms. The van der Waals surface area contributed by atoms with Gasteiger partial charge < -0.3 is 29.0 Å². The van der Waals surface area contributed by atoms with Gasteiger partial charge in [0.2, 0.25) is 0 Å². The molecule has 0 radical (unpaired) electrons. The number of phenols is 1. The minimum absolute atomic E-state index is 0.0290. The van der Waals surface area contributed by atoms with Crippen molar-refractivity contribution in [1.29, 1.82) is 0 Å². The highest BCUT2D eigenvalue weighted by atomic mass is 16.6. The average Bonchev–Trinajstić information content (AvgIpc) is 2.74. The summed E-state index contributed by atoms with van der Waals surface area (Å²) in [5, 5.41) is 10.6. The molecule has 1 N–H and O–H groups in total. The fourth-order valence-corrected chi connectivity index (χ4v) is 5.59. The van der Waals surface area contributed by atoms with E-state index in [1.54, 1.807) is 11.0 Å². The Kier molecular flexibility index (Phi) is 6.82. The molecule has 190 valence electrons. The SMILES string of the molecule is CC(C)CCC[C@@]1(C)Oc2c(O)cccc2[C@H]2OC[C@@]3(C[C@@H]21)CN(C(=O)OC(C)(C)C)CCO3. The molecule has 0 unspecified atom stereocenters. The summed E-state index contributed by atoms with van der Waals surface area (Å²) < 4.78 is 25.1. The molecule has 7 heteroatoms. The molecule has 1 spiro atoms. The third-order valence-corrected chi connectivity index (χ3v) is 7.29. The van der Waals surface area contributed by atoms with E-state index in [0.717, 1.165) is 24.8 Å². The van der Waals surface area contributed by atoms with Crippen LogP contribution in [-0.4, -0.2) is 59.2 Å². The third kappa shape index (κ3) is 5.15. The highest BCUT2D eigenvalue weighted by Gasteiger charge is 2.56. The molecular weight excluding hydrogens is 434 g/mol. The van der Waals surface area contributed by atoms with E-state index in [1.165, 1.54) is 0 Å². The van der Waals surface area contributed by atoms with Gasteiger partial charge in [0.15, 0.2) is 11.5 Å². The number of para-hydroxylation sites is 1. The van der Waals surface area contributed by atoms with E-state index in [4.69, 9.17) is 18.9 Å². The Balaban J connectivity index is 1.59. The van der Waals surface area contributed by atoms with Crippen LogP contribution in [0.3, 0.4) is 0 Å². The Morgan fingerprint density at radius 3 is 2.79 bits per heavy atom. The third-order valence-electron chi connectivity index (χ3n) is 7.29. The topological polar surface area (TPSA) is 77.5 Å². The van der Waals surface area contributed by atoms with Gasteiger partial charge >= 0.3 is 6.09 Å². The molecule has 1 aromatic rings. The van der Waals surface area contributed by atoms with Gasteiger partial charge in [-0.05, 0) is 58.9 Å². The molecule has 2 fully saturated rings. The molecular formula is C27H41NO6. The predicted molar refractivity (Wildman–Crippen MR) is 129 cm³/mol. The van der Waals surface area contributed by atoms with Gasteiger partial charge in [0.05, 0.1) is 25.9 Å². The van der Waals surface area contributed by atoms with Crippen molar-refractivity contribution in [1.82, 2.24) is 4.90 Å². The number of aromatic hydroxyl groups is 1. The monoisotopic (exact) mass is 475 g/mol. The summed E-state index contributed by atoms with van der Waals surface area (Å²) in [7, 11) is 0. The minimum Gasteiger partial charge on any atom is -0.504 e. The Morgan fingerprint density at radius 1 is 1.32 bits per heavy atom. The molecule has 4 atom stereocenters. The van der Waals surface area contributed by atoms with Crippen LogP contribution in [0.15, 0.2) is 18.2 Å². The molecule has 3 heterocycles. The second-order valence-corrected chi connectivity index (χ2v) is 11.9. The maximum absolute atomic E-state index is 12.8. The number of phenolic OH excluding ortho intramolecular Hbond substituents is 1. The first kappa shape index (κ1) is 25.1. The number of carbonyl (C=O) groups is 1. The second-order valence-electron chi connectivity index (χ2n) is 11.9. The van der Waals surface area contributed by atoms with Crippen LogP contribution in [0.1, 0.15) is 78.9 Å². The Hall–Kier alpha value is -1.99. The lowest BCUT2D eigenvalue weighted by molar-refractivity contribution is -0.231. The smallest absolute Gasteiger partial charge is 0.410 e. The van der Waals surface area contributed by atoms with Gasteiger partial charge in [-0.1, -0.05) is 32.4 Å². The number of rotatable bonds is 4. The first-order valence-electron chi connectivity index (χ1n) is 12.7.